The number of methoxy groups -OCH3 is 1. The van der Waals surface area contributed by atoms with Crippen LogP contribution in [0.1, 0.15) is 51.9 Å². The molecular weight excluding hydrogens is 236 g/mol. The number of rotatable bonds is 6. The Morgan fingerprint density at radius 2 is 2.11 bits per heavy atom. The van der Waals surface area contributed by atoms with E-state index in [1.54, 1.807) is 0 Å². The zero-order chi connectivity index (χ0) is 13.5. The van der Waals surface area contributed by atoms with E-state index >= 15 is 0 Å². The third kappa shape index (κ3) is 4.73. The Balaban J connectivity index is 1.86. The molecule has 3 unspecified atom stereocenters. The standard InChI is InChI=1S/C16H32N2O/c1-3-10-18(13-14-6-5-9-17-12-14)15-7-4-8-16(11-15)19-2/h14-17H,3-13H2,1-2H3. The van der Waals surface area contributed by atoms with Crippen molar-refractivity contribution in [2.24, 2.45) is 5.92 Å². The van der Waals surface area contributed by atoms with Gasteiger partial charge in [-0.15, -0.1) is 0 Å². The molecule has 2 aliphatic rings. The molecule has 1 aliphatic heterocycles. The van der Waals surface area contributed by atoms with Gasteiger partial charge in [0.25, 0.3) is 0 Å². The molecule has 0 amide bonds. The van der Waals surface area contributed by atoms with Gasteiger partial charge < -0.3 is 10.1 Å². The molecule has 2 rings (SSSR count). The van der Waals surface area contributed by atoms with Crippen molar-refractivity contribution in [2.45, 2.75) is 64.0 Å². The number of hydrogen-bond donors (Lipinski definition) is 1. The Bertz CT molecular complexity index is 241. The monoisotopic (exact) mass is 268 g/mol. The molecule has 1 aliphatic carbocycles. The molecule has 2 fully saturated rings. The normalized spacial score (nSPS) is 32.7. The number of hydrogen-bond acceptors (Lipinski definition) is 3. The van der Waals surface area contributed by atoms with Crippen LogP contribution >= 0.6 is 0 Å². The average molecular weight is 268 g/mol. The predicted octanol–water partition coefficient (Wildman–Crippen LogP) is 2.66. The van der Waals surface area contributed by atoms with E-state index in [4.69, 9.17) is 4.74 Å². The van der Waals surface area contributed by atoms with Gasteiger partial charge in [-0.25, -0.2) is 0 Å². The van der Waals surface area contributed by atoms with Crippen LogP contribution in [-0.2, 0) is 4.74 Å². The first-order valence-electron chi connectivity index (χ1n) is 8.31. The number of piperidine rings is 1. The highest BCUT2D eigenvalue weighted by Gasteiger charge is 2.28. The van der Waals surface area contributed by atoms with Gasteiger partial charge in [-0.2, -0.15) is 0 Å². The minimum Gasteiger partial charge on any atom is -0.381 e. The smallest absolute Gasteiger partial charge is 0.0586 e. The van der Waals surface area contributed by atoms with Crippen molar-refractivity contribution in [2.75, 3.05) is 33.3 Å². The quantitative estimate of drug-likeness (QED) is 0.801. The van der Waals surface area contributed by atoms with Crippen LogP contribution in [0.2, 0.25) is 0 Å². The first kappa shape index (κ1) is 15.3. The van der Waals surface area contributed by atoms with Gasteiger partial charge in [0.2, 0.25) is 0 Å². The zero-order valence-electron chi connectivity index (χ0n) is 12.9. The van der Waals surface area contributed by atoms with E-state index in [0.29, 0.717) is 6.10 Å². The fraction of sp³-hybridized carbons (Fsp3) is 1.00. The SMILES string of the molecule is CCCN(CC1CCCNC1)C1CCCC(OC)C1. The summed E-state index contributed by atoms with van der Waals surface area (Å²) in [7, 11) is 1.88. The van der Waals surface area contributed by atoms with E-state index < -0.39 is 0 Å². The lowest BCUT2D eigenvalue weighted by Gasteiger charge is -2.39. The molecule has 0 aromatic rings. The van der Waals surface area contributed by atoms with Crippen LogP contribution in [-0.4, -0.2) is 50.3 Å². The fourth-order valence-electron chi connectivity index (χ4n) is 3.79. The molecule has 3 nitrogen and oxygen atoms in total. The maximum Gasteiger partial charge on any atom is 0.0586 e. The average Bonchev–Trinajstić information content (AvgIpc) is 2.48. The highest BCUT2D eigenvalue weighted by molar-refractivity contribution is 4.83. The molecule has 0 spiro atoms. The van der Waals surface area contributed by atoms with E-state index in [2.05, 4.69) is 17.1 Å². The first-order chi connectivity index (χ1) is 9.33. The second-order valence-electron chi connectivity index (χ2n) is 6.39. The van der Waals surface area contributed by atoms with Crippen LogP contribution < -0.4 is 5.32 Å². The van der Waals surface area contributed by atoms with Gasteiger partial charge in [-0.05, 0) is 70.5 Å². The van der Waals surface area contributed by atoms with Crippen molar-refractivity contribution in [1.82, 2.24) is 10.2 Å². The molecule has 1 saturated carbocycles. The van der Waals surface area contributed by atoms with Crippen molar-refractivity contribution < 1.29 is 4.74 Å². The molecular formula is C16H32N2O. The van der Waals surface area contributed by atoms with Crippen molar-refractivity contribution in [3.8, 4) is 0 Å². The third-order valence-electron chi connectivity index (χ3n) is 4.85. The number of nitrogens with one attached hydrogen (secondary N) is 1. The molecule has 0 bridgehead atoms. The minimum atomic E-state index is 0.502. The number of nitrogens with zero attached hydrogens (tertiary/aromatic N) is 1. The molecule has 112 valence electrons. The lowest BCUT2D eigenvalue weighted by atomic mass is 9.90. The van der Waals surface area contributed by atoms with Gasteiger partial charge in [0, 0.05) is 19.7 Å². The van der Waals surface area contributed by atoms with Crippen LogP contribution in [0.15, 0.2) is 0 Å². The Hall–Kier alpha value is -0.120. The van der Waals surface area contributed by atoms with Gasteiger partial charge in [-0.3, -0.25) is 4.90 Å². The van der Waals surface area contributed by atoms with E-state index in [-0.39, 0.29) is 0 Å². The minimum absolute atomic E-state index is 0.502. The molecule has 1 saturated heterocycles. The largest absolute Gasteiger partial charge is 0.381 e. The molecule has 1 heterocycles. The van der Waals surface area contributed by atoms with Crippen LogP contribution in [0.5, 0.6) is 0 Å². The molecule has 1 N–H and O–H groups in total. The Morgan fingerprint density at radius 3 is 2.79 bits per heavy atom. The maximum absolute atomic E-state index is 5.60. The van der Waals surface area contributed by atoms with Crippen LogP contribution in [0, 0.1) is 5.92 Å². The van der Waals surface area contributed by atoms with E-state index in [0.717, 1.165) is 12.0 Å². The van der Waals surface area contributed by atoms with E-state index in [9.17, 15) is 0 Å². The molecule has 3 atom stereocenters. The topological polar surface area (TPSA) is 24.5 Å². The fourth-order valence-corrected chi connectivity index (χ4v) is 3.79. The molecule has 0 aromatic heterocycles. The predicted molar refractivity (Wildman–Crippen MR) is 80.5 cm³/mol. The zero-order valence-corrected chi connectivity index (χ0v) is 12.9. The highest BCUT2D eigenvalue weighted by atomic mass is 16.5. The molecule has 3 heteroatoms. The maximum atomic E-state index is 5.60. The summed E-state index contributed by atoms with van der Waals surface area (Å²) >= 11 is 0. The summed E-state index contributed by atoms with van der Waals surface area (Å²) < 4.78 is 5.60. The Kier molecular flexibility index (Phi) is 6.62. The summed E-state index contributed by atoms with van der Waals surface area (Å²) in [5.74, 6) is 0.864. The van der Waals surface area contributed by atoms with Crippen molar-refractivity contribution in [3.63, 3.8) is 0 Å². The second-order valence-corrected chi connectivity index (χ2v) is 6.39. The summed E-state index contributed by atoms with van der Waals surface area (Å²) in [6, 6.07) is 0.764. The van der Waals surface area contributed by atoms with Gasteiger partial charge in [0.15, 0.2) is 0 Å². The van der Waals surface area contributed by atoms with Crippen LogP contribution in [0.4, 0.5) is 0 Å². The Labute approximate surface area is 119 Å². The van der Waals surface area contributed by atoms with E-state index in [1.165, 1.54) is 71.1 Å². The van der Waals surface area contributed by atoms with Crippen molar-refractivity contribution in [1.29, 1.82) is 0 Å². The number of ether oxygens (including phenoxy) is 1. The summed E-state index contributed by atoms with van der Waals surface area (Å²) in [5, 5.41) is 3.55. The first-order valence-corrected chi connectivity index (χ1v) is 8.31. The van der Waals surface area contributed by atoms with Gasteiger partial charge in [-0.1, -0.05) is 6.92 Å². The third-order valence-corrected chi connectivity index (χ3v) is 4.85. The van der Waals surface area contributed by atoms with Gasteiger partial charge >= 0.3 is 0 Å². The lowest BCUT2D eigenvalue weighted by molar-refractivity contribution is 0.0222. The van der Waals surface area contributed by atoms with Gasteiger partial charge in [0.05, 0.1) is 6.10 Å². The van der Waals surface area contributed by atoms with Crippen molar-refractivity contribution >= 4 is 0 Å². The lowest BCUT2D eigenvalue weighted by Crippen LogP contribution is -2.46. The molecule has 0 aromatic carbocycles. The summed E-state index contributed by atoms with van der Waals surface area (Å²) in [6.45, 7) is 7.31. The van der Waals surface area contributed by atoms with E-state index in [1.807, 2.05) is 7.11 Å². The molecule has 19 heavy (non-hydrogen) atoms. The highest BCUT2D eigenvalue weighted by Crippen LogP contribution is 2.26. The summed E-state index contributed by atoms with van der Waals surface area (Å²) in [4.78, 5) is 2.77. The van der Waals surface area contributed by atoms with Crippen LogP contribution in [0.25, 0.3) is 0 Å². The summed E-state index contributed by atoms with van der Waals surface area (Å²) in [5.41, 5.74) is 0. The summed E-state index contributed by atoms with van der Waals surface area (Å²) in [6.07, 6.45) is 9.77. The van der Waals surface area contributed by atoms with Gasteiger partial charge in [0.1, 0.15) is 0 Å². The second kappa shape index (κ2) is 8.23. The Morgan fingerprint density at radius 1 is 1.21 bits per heavy atom. The van der Waals surface area contributed by atoms with Crippen LogP contribution in [0.3, 0.4) is 0 Å². The molecule has 0 radical (unpaired) electrons. The van der Waals surface area contributed by atoms with Crippen molar-refractivity contribution in [3.05, 3.63) is 0 Å².